The number of hydrogen-bond acceptors (Lipinski definition) is 13. The molecule has 0 fully saturated rings. The number of fused-ring (bicyclic) bond motifs is 1. The average molecular weight is 1760 g/mol. The number of pyridine rings is 6. The summed E-state index contributed by atoms with van der Waals surface area (Å²) in [5.74, 6) is -3.56. The van der Waals surface area contributed by atoms with Crippen molar-refractivity contribution in [2.45, 2.75) is 65.0 Å². The summed E-state index contributed by atoms with van der Waals surface area (Å²) in [5.41, 5.74) is 5.36. The van der Waals surface area contributed by atoms with Gasteiger partial charge in [-0.1, -0.05) is 107 Å². The van der Waals surface area contributed by atoms with Crippen LogP contribution in [0.1, 0.15) is 51.0 Å². The molecule has 0 spiro atoms. The minimum atomic E-state index is -0.990. The van der Waals surface area contributed by atoms with Crippen LogP contribution in [0.25, 0.3) is 65.0 Å². The first kappa shape index (κ1) is 87.7. The molecule has 0 aliphatic carbocycles. The Morgan fingerprint density at radius 3 is 1.18 bits per heavy atom. The number of carboxylic acids is 1. The summed E-state index contributed by atoms with van der Waals surface area (Å²) < 4.78 is 52.9. The van der Waals surface area contributed by atoms with Gasteiger partial charge in [-0.3, -0.25) is 17.6 Å². The molecule has 0 amide bonds. The number of benzene rings is 4. The second kappa shape index (κ2) is 50.1. The molecule has 12 nitrogen and oxygen atoms in total. The SMILES string of the molecule is CC(O)CC(C)O.CC(O)CC(C)O.Fc1c[c-]c(-c2ccccn2)c(F)c1.Fc1c[c-]c(-c2ccccn2)c(F)c1.O=C(O)c1ccccn1.[Pd].[Pd].[Rh].[Rh].[Rh].[c-]1c(-c2ccccn2)sc2ccccc12.[c-]1ccccc1-c1ccccn1.[c-]1ccsc1-c1ccccn1. The van der Waals surface area contributed by atoms with Crippen molar-refractivity contribution >= 4 is 38.7 Å². The van der Waals surface area contributed by atoms with Crippen molar-refractivity contribution in [1.29, 1.82) is 0 Å². The van der Waals surface area contributed by atoms with Crippen LogP contribution in [0.5, 0.6) is 0 Å². The predicted molar refractivity (Wildman–Crippen MR) is 343 cm³/mol. The van der Waals surface area contributed by atoms with E-state index in [1.807, 2.05) is 103 Å². The first-order valence-electron chi connectivity index (χ1n) is 27.5. The van der Waals surface area contributed by atoms with E-state index in [2.05, 4.69) is 78.4 Å². The Morgan fingerprint density at radius 1 is 0.457 bits per heavy atom. The molecule has 23 heteroatoms. The van der Waals surface area contributed by atoms with E-state index in [1.54, 1.807) is 124 Å². The normalized spacial score (nSPS) is 10.8. The molecule has 5 N–H and O–H groups in total. The van der Waals surface area contributed by atoms with Crippen LogP contribution in [0.4, 0.5) is 17.6 Å². The number of aliphatic hydroxyl groups excluding tert-OH is 4. The van der Waals surface area contributed by atoms with Crippen molar-refractivity contribution in [3.63, 3.8) is 0 Å². The van der Waals surface area contributed by atoms with Gasteiger partial charge in [-0.25, -0.2) is 32.5 Å². The molecule has 0 saturated heterocycles. The van der Waals surface area contributed by atoms with Crippen LogP contribution in [-0.4, -0.2) is 85.8 Å². The molecule has 12 rings (SSSR count). The van der Waals surface area contributed by atoms with Crippen LogP contribution in [0.3, 0.4) is 0 Å². The van der Waals surface area contributed by atoms with E-state index in [0.717, 1.165) is 56.7 Å². The largest absolute Gasteiger partial charge is 0.477 e. The summed E-state index contributed by atoms with van der Waals surface area (Å²) in [5, 5.41) is 45.7. The molecule has 4 aromatic carbocycles. The summed E-state index contributed by atoms with van der Waals surface area (Å²) in [6, 6.07) is 69.1. The molecule has 3 radical (unpaired) electrons. The standard InChI is InChI=1S/C13H8NS.2C11H6F2N.C11H8N.C9H6NS.C6H5NO2.2C5H12O2.2Pd.3Rh/c1-2-7-12-10(5-1)9-13(15-12)11-6-3-4-8-14-11;2*12-8-4-5-9(10(13)7-8)11-3-1-2-6-14-11;1-2-6-10(7-3-1)11-8-4-5-9-12-11;1-2-6-10-8(4-1)9-5-3-7-11-9;8-6(9)5-3-1-2-4-7-5;2*1-4(6)3-5(2)7;;;;;/h1-8H;2*1-4,6-7H;1-6,8-9H;1-4,6-7H;1-4H,(H,8,9);2*4-7H,3H2,1-2H3;;;;;/q5*-1;;;;;;;;. The van der Waals surface area contributed by atoms with E-state index in [1.165, 1.54) is 22.3 Å². The molecule has 8 heterocycles. The number of nitrogens with zero attached hydrogens (tertiary/aromatic N) is 6. The van der Waals surface area contributed by atoms with Gasteiger partial charge < -0.3 is 50.5 Å². The fourth-order valence-corrected chi connectivity index (χ4v) is 8.89. The van der Waals surface area contributed by atoms with Gasteiger partial charge in [0.15, 0.2) is 0 Å². The van der Waals surface area contributed by atoms with Gasteiger partial charge in [-0.05, 0) is 115 Å². The number of hydrogen-bond donors (Lipinski definition) is 5. The number of halogens is 4. The Balaban J connectivity index is 0.00000106. The van der Waals surface area contributed by atoms with Crippen molar-refractivity contribution < 1.29 is 147 Å². The van der Waals surface area contributed by atoms with Gasteiger partial charge in [0, 0.05) is 165 Å². The number of carbonyl (C=O) groups is 1. The second-order valence-electron chi connectivity index (χ2n) is 18.8. The molecule has 0 bridgehead atoms. The summed E-state index contributed by atoms with van der Waals surface area (Å²) in [6.45, 7) is 6.64. The summed E-state index contributed by atoms with van der Waals surface area (Å²) in [6.07, 6.45) is 9.38. The van der Waals surface area contributed by atoms with Gasteiger partial charge in [0.2, 0.25) is 0 Å². The molecule has 8 aromatic heterocycles. The van der Waals surface area contributed by atoms with Crippen molar-refractivity contribution in [2.24, 2.45) is 0 Å². The zero-order chi connectivity index (χ0) is 64.2. The van der Waals surface area contributed by atoms with Gasteiger partial charge in [0.1, 0.15) is 5.69 Å². The Hall–Kier alpha value is -6.34. The van der Waals surface area contributed by atoms with Crippen molar-refractivity contribution in [2.75, 3.05) is 0 Å². The summed E-state index contributed by atoms with van der Waals surface area (Å²) in [4.78, 5) is 36.6. The average Bonchev–Trinajstić information content (AvgIpc) is 1.59. The first-order valence-corrected chi connectivity index (χ1v) is 29.2. The van der Waals surface area contributed by atoms with E-state index >= 15 is 0 Å². The van der Waals surface area contributed by atoms with Crippen LogP contribution in [0.15, 0.2) is 231 Å². The molecule has 0 aliphatic rings. The van der Waals surface area contributed by atoms with E-state index in [4.69, 9.17) is 25.5 Å². The number of rotatable bonds is 10. The van der Waals surface area contributed by atoms with Crippen molar-refractivity contribution in [3.8, 4) is 54.9 Å². The molecule has 4 atom stereocenters. The van der Waals surface area contributed by atoms with Gasteiger partial charge in [-0.15, -0.1) is 89.1 Å². The van der Waals surface area contributed by atoms with E-state index in [-0.39, 0.29) is 141 Å². The number of aromatic carboxylic acids is 1. The zero-order valence-corrected chi connectivity index (χ0v) is 60.1. The quantitative estimate of drug-likeness (QED) is 0.0495. The minimum Gasteiger partial charge on any atom is -0.477 e. The Labute approximate surface area is 619 Å². The maximum Gasteiger partial charge on any atom is 0.354 e. The molecule has 4 unspecified atom stereocenters. The molecule has 94 heavy (non-hydrogen) atoms. The molecule has 0 aliphatic heterocycles. The Kier molecular flexibility index (Phi) is 46.7. The smallest absolute Gasteiger partial charge is 0.354 e. The second-order valence-corrected chi connectivity index (χ2v) is 20.7. The van der Waals surface area contributed by atoms with E-state index in [0.29, 0.717) is 24.2 Å². The van der Waals surface area contributed by atoms with Gasteiger partial charge in [0.25, 0.3) is 0 Å². The van der Waals surface area contributed by atoms with Crippen LogP contribution < -0.4 is 0 Å². The van der Waals surface area contributed by atoms with Crippen molar-refractivity contribution in [1.82, 2.24) is 29.9 Å². The van der Waals surface area contributed by atoms with Crippen LogP contribution >= 0.6 is 22.7 Å². The molecule has 505 valence electrons. The monoisotopic (exact) mass is 1760 g/mol. The maximum atomic E-state index is 13.2. The molecule has 12 aromatic rings. The van der Waals surface area contributed by atoms with Crippen LogP contribution in [0.2, 0.25) is 0 Å². The topological polar surface area (TPSA) is 196 Å². The zero-order valence-electron chi connectivity index (χ0n) is 50.5. The fourth-order valence-electron chi connectivity index (χ4n) is 7.26. The first-order chi connectivity index (χ1) is 43.0. The Morgan fingerprint density at radius 2 is 0.851 bits per heavy atom. The van der Waals surface area contributed by atoms with E-state index in [9.17, 15) is 22.4 Å². The molecular formula is C71H63F4N6O6Pd2Rh3S2-5. The Bertz CT molecular complexity index is 3680. The van der Waals surface area contributed by atoms with Crippen LogP contribution in [-0.2, 0) is 99.3 Å². The fraction of sp³-hybridized carbons (Fsp3) is 0.141. The number of aliphatic hydroxyl groups is 4. The third-order valence-corrected chi connectivity index (χ3v) is 13.0. The van der Waals surface area contributed by atoms with Gasteiger partial charge >= 0.3 is 5.97 Å². The minimum absolute atomic E-state index is 0. The van der Waals surface area contributed by atoms with Gasteiger partial charge in [0.05, 0.1) is 24.4 Å². The molecular weight excluding hydrogens is 1690 g/mol. The summed E-state index contributed by atoms with van der Waals surface area (Å²) >= 11 is 3.39. The van der Waals surface area contributed by atoms with E-state index < -0.39 is 29.2 Å². The third kappa shape index (κ3) is 34.4. The van der Waals surface area contributed by atoms with Crippen LogP contribution in [0, 0.1) is 53.6 Å². The number of aromatic nitrogens is 6. The predicted octanol–water partition coefficient (Wildman–Crippen LogP) is 15.6. The van der Waals surface area contributed by atoms with Gasteiger partial charge in [-0.2, -0.15) is 12.1 Å². The number of carboxylic acid groups (broad SMARTS) is 1. The summed E-state index contributed by atoms with van der Waals surface area (Å²) in [7, 11) is 0. The molecule has 0 saturated carbocycles. The third-order valence-electron chi connectivity index (χ3n) is 11.1. The maximum absolute atomic E-state index is 13.2. The van der Waals surface area contributed by atoms with Crippen molar-refractivity contribution in [3.05, 3.63) is 290 Å². The number of thiophene rings is 2.